The zero-order chi connectivity index (χ0) is 16.4. The number of aryl methyl sites for hydroxylation is 1. The number of carbonyl (C=O) groups excluding carboxylic acids is 1. The number of benzene rings is 2. The molecule has 0 fully saturated rings. The van der Waals surface area contributed by atoms with Gasteiger partial charge in [0.1, 0.15) is 12.4 Å². The molecule has 23 heavy (non-hydrogen) atoms. The summed E-state index contributed by atoms with van der Waals surface area (Å²) in [6.45, 7) is 6.22. The number of nitrogens with zero attached hydrogens (tertiary/aromatic N) is 2. The number of amides is 1. The van der Waals surface area contributed by atoms with E-state index in [1.54, 1.807) is 0 Å². The highest BCUT2D eigenvalue weighted by Gasteiger charge is 2.23. The van der Waals surface area contributed by atoms with Gasteiger partial charge in [-0.1, -0.05) is 42.5 Å². The first kappa shape index (κ1) is 15.3. The Hall–Kier alpha value is -2.62. The Kier molecular flexibility index (Phi) is 3.90. The highest BCUT2D eigenvalue weighted by molar-refractivity contribution is 5.81. The molecular weight excluding hydrogens is 286 g/mol. The molecule has 0 radical (unpaired) electrons. The number of aromatic nitrogens is 2. The molecule has 0 unspecified atom stereocenters. The number of nitrogens with one attached hydrogen (secondary N) is 1. The van der Waals surface area contributed by atoms with E-state index < -0.39 is 5.54 Å². The normalized spacial score (nSPS) is 11.6. The van der Waals surface area contributed by atoms with Crippen molar-refractivity contribution in [3.63, 3.8) is 0 Å². The average Bonchev–Trinajstić information content (AvgIpc) is 2.84. The fourth-order valence-corrected chi connectivity index (χ4v) is 2.85. The minimum absolute atomic E-state index is 0.0230. The Balaban J connectivity index is 1.80. The SMILES string of the molecule is Cc1nc2ccccc2n1CC(=O)NC(C)(C)c1ccccc1. The van der Waals surface area contributed by atoms with Crippen LogP contribution in [0.15, 0.2) is 54.6 Å². The summed E-state index contributed by atoms with van der Waals surface area (Å²) in [6, 6.07) is 17.9. The first-order chi connectivity index (χ1) is 11.0. The van der Waals surface area contributed by atoms with Crippen molar-refractivity contribution >= 4 is 16.9 Å². The molecule has 1 aromatic heterocycles. The maximum absolute atomic E-state index is 12.5. The Morgan fingerprint density at radius 3 is 2.48 bits per heavy atom. The van der Waals surface area contributed by atoms with Gasteiger partial charge in [-0.2, -0.15) is 0 Å². The molecule has 0 aliphatic rings. The van der Waals surface area contributed by atoms with Gasteiger partial charge in [-0.25, -0.2) is 4.98 Å². The van der Waals surface area contributed by atoms with Crippen LogP contribution in [0.2, 0.25) is 0 Å². The smallest absolute Gasteiger partial charge is 0.240 e. The average molecular weight is 307 g/mol. The summed E-state index contributed by atoms with van der Waals surface area (Å²) >= 11 is 0. The van der Waals surface area contributed by atoms with Crippen molar-refractivity contribution in [3.05, 3.63) is 66.0 Å². The van der Waals surface area contributed by atoms with Crippen LogP contribution >= 0.6 is 0 Å². The lowest BCUT2D eigenvalue weighted by Crippen LogP contribution is -2.42. The summed E-state index contributed by atoms with van der Waals surface area (Å²) in [5, 5.41) is 3.12. The van der Waals surface area contributed by atoms with Gasteiger partial charge in [-0.3, -0.25) is 4.79 Å². The van der Waals surface area contributed by atoms with Crippen molar-refractivity contribution in [1.29, 1.82) is 0 Å². The molecule has 4 heteroatoms. The number of carbonyl (C=O) groups is 1. The molecule has 118 valence electrons. The van der Waals surface area contributed by atoms with Crippen LogP contribution in [0.4, 0.5) is 0 Å². The fraction of sp³-hybridized carbons (Fsp3) is 0.263. The Morgan fingerprint density at radius 1 is 1.09 bits per heavy atom. The highest BCUT2D eigenvalue weighted by atomic mass is 16.2. The third-order valence-corrected chi connectivity index (χ3v) is 4.09. The van der Waals surface area contributed by atoms with Crippen molar-refractivity contribution in [2.75, 3.05) is 0 Å². The van der Waals surface area contributed by atoms with Crippen LogP contribution in [0.25, 0.3) is 11.0 Å². The third kappa shape index (κ3) is 3.11. The van der Waals surface area contributed by atoms with E-state index >= 15 is 0 Å². The summed E-state index contributed by atoms with van der Waals surface area (Å²) in [5.41, 5.74) is 2.57. The molecule has 0 aliphatic heterocycles. The molecule has 0 atom stereocenters. The van der Waals surface area contributed by atoms with Gasteiger partial charge in [0, 0.05) is 0 Å². The molecule has 3 aromatic rings. The second-order valence-electron chi connectivity index (χ2n) is 6.27. The van der Waals surface area contributed by atoms with Crippen LogP contribution in [-0.4, -0.2) is 15.5 Å². The van der Waals surface area contributed by atoms with Crippen LogP contribution < -0.4 is 5.32 Å². The van der Waals surface area contributed by atoms with Crippen molar-refractivity contribution in [3.8, 4) is 0 Å². The van der Waals surface area contributed by atoms with Crippen LogP contribution in [0.1, 0.15) is 25.2 Å². The van der Waals surface area contributed by atoms with Crippen LogP contribution in [0, 0.1) is 6.92 Å². The number of imidazole rings is 1. The van der Waals surface area contributed by atoms with E-state index in [4.69, 9.17) is 0 Å². The van der Waals surface area contributed by atoms with Gasteiger partial charge in [-0.15, -0.1) is 0 Å². The second-order valence-corrected chi connectivity index (χ2v) is 6.27. The lowest BCUT2D eigenvalue weighted by atomic mass is 9.94. The molecule has 0 bridgehead atoms. The maximum Gasteiger partial charge on any atom is 0.240 e. The van der Waals surface area contributed by atoms with Gasteiger partial charge in [0.05, 0.1) is 16.6 Å². The minimum Gasteiger partial charge on any atom is -0.346 e. The topological polar surface area (TPSA) is 46.9 Å². The number of rotatable bonds is 4. The first-order valence-electron chi connectivity index (χ1n) is 7.76. The lowest BCUT2D eigenvalue weighted by molar-refractivity contribution is -0.123. The number of fused-ring (bicyclic) bond motifs is 1. The van der Waals surface area contributed by atoms with Crippen molar-refractivity contribution in [2.45, 2.75) is 32.9 Å². The van der Waals surface area contributed by atoms with E-state index in [1.807, 2.05) is 79.9 Å². The third-order valence-electron chi connectivity index (χ3n) is 4.09. The quantitative estimate of drug-likeness (QED) is 0.803. The molecule has 0 saturated heterocycles. The molecule has 4 nitrogen and oxygen atoms in total. The van der Waals surface area contributed by atoms with E-state index in [9.17, 15) is 4.79 Å². The summed E-state index contributed by atoms with van der Waals surface area (Å²) < 4.78 is 1.95. The number of para-hydroxylation sites is 2. The van der Waals surface area contributed by atoms with Crippen molar-refractivity contribution < 1.29 is 4.79 Å². The van der Waals surface area contributed by atoms with Gasteiger partial charge in [-0.05, 0) is 38.5 Å². The second kappa shape index (κ2) is 5.88. The van der Waals surface area contributed by atoms with E-state index in [-0.39, 0.29) is 12.5 Å². The predicted octanol–water partition coefficient (Wildman–Crippen LogP) is 3.40. The summed E-state index contributed by atoms with van der Waals surface area (Å²) in [5.74, 6) is 0.823. The standard InChI is InChI=1S/C19H21N3O/c1-14-20-16-11-7-8-12-17(16)22(14)13-18(23)21-19(2,3)15-9-5-4-6-10-15/h4-12H,13H2,1-3H3,(H,21,23). The lowest BCUT2D eigenvalue weighted by Gasteiger charge is -2.27. The molecule has 1 N–H and O–H groups in total. The van der Waals surface area contributed by atoms with E-state index in [0.29, 0.717) is 0 Å². The molecule has 0 aliphatic carbocycles. The van der Waals surface area contributed by atoms with E-state index in [0.717, 1.165) is 22.4 Å². The van der Waals surface area contributed by atoms with Crippen molar-refractivity contribution in [1.82, 2.24) is 14.9 Å². The van der Waals surface area contributed by atoms with Gasteiger partial charge < -0.3 is 9.88 Å². The largest absolute Gasteiger partial charge is 0.346 e. The zero-order valence-corrected chi connectivity index (χ0v) is 13.7. The molecule has 1 amide bonds. The fourth-order valence-electron chi connectivity index (χ4n) is 2.85. The minimum atomic E-state index is -0.414. The van der Waals surface area contributed by atoms with Crippen LogP contribution in [0.3, 0.4) is 0 Å². The predicted molar refractivity (Wildman–Crippen MR) is 92.1 cm³/mol. The van der Waals surface area contributed by atoms with Gasteiger partial charge in [0.2, 0.25) is 5.91 Å². The summed E-state index contributed by atoms with van der Waals surface area (Å²) in [7, 11) is 0. The Morgan fingerprint density at radius 2 is 1.74 bits per heavy atom. The first-order valence-corrected chi connectivity index (χ1v) is 7.76. The van der Waals surface area contributed by atoms with Gasteiger partial charge >= 0.3 is 0 Å². The zero-order valence-electron chi connectivity index (χ0n) is 13.7. The summed E-state index contributed by atoms with van der Waals surface area (Å²) in [4.78, 5) is 17.0. The molecular formula is C19H21N3O. The molecule has 3 rings (SSSR count). The Bertz CT molecular complexity index is 834. The van der Waals surface area contributed by atoms with Crippen LogP contribution in [-0.2, 0) is 16.9 Å². The maximum atomic E-state index is 12.5. The monoisotopic (exact) mass is 307 g/mol. The molecule has 0 saturated carbocycles. The Labute approximate surface area is 136 Å². The molecule has 0 spiro atoms. The molecule has 1 heterocycles. The van der Waals surface area contributed by atoms with E-state index in [1.165, 1.54) is 0 Å². The number of hydrogen-bond acceptors (Lipinski definition) is 2. The van der Waals surface area contributed by atoms with Gasteiger partial charge in [0.25, 0.3) is 0 Å². The van der Waals surface area contributed by atoms with E-state index in [2.05, 4.69) is 10.3 Å². The van der Waals surface area contributed by atoms with Crippen molar-refractivity contribution in [2.24, 2.45) is 0 Å². The van der Waals surface area contributed by atoms with Crippen LogP contribution in [0.5, 0.6) is 0 Å². The molecule has 2 aromatic carbocycles. The number of hydrogen-bond donors (Lipinski definition) is 1. The summed E-state index contributed by atoms with van der Waals surface area (Å²) in [6.07, 6.45) is 0. The highest BCUT2D eigenvalue weighted by Crippen LogP contribution is 2.20. The van der Waals surface area contributed by atoms with Gasteiger partial charge in [0.15, 0.2) is 0 Å².